The van der Waals surface area contributed by atoms with Gasteiger partial charge in [0.25, 0.3) is 0 Å². The van der Waals surface area contributed by atoms with Gasteiger partial charge in [0.2, 0.25) is 0 Å². The van der Waals surface area contributed by atoms with Crippen LogP contribution >= 0.6 is 15.9 Å². The van der Waals surface area contributed by atoms with Crippen molar-refractivity contribution in [3.63, 3.8) is 0 Å². The van der Waals surface area contributed by atoms with Crippen molar-refractivity contribution in [3.05, 3.63) is 28.2 Å². The van der Waals surface area contributed by atoms with E-state index in [-0.39, 0.29) is 0 Å². The first kappa shape index (κ1) is 12.5. The second-order valence-electron chi connectivity index (χ2n) is 5.40. The van der Waals surface area contributed by atoms with E-state index in [4.69, 9.17) is 4.74 Å². The van der Waals surface area contributed by atoms with E-state index in [9.17, 15) is 0 Å². The maximum atomic E-state index is 5.84. The first-order chi connectivity index (χ1) is 8.78. The highest BCUT2D eigenvalue weighted by Gasteiger charge is 2.37. The summed E-state index contributed by atoms with van der Waals surface area (Å²) in [6, 6.07) is 7.62. The smallest absolute Gasteiger partial charge is 0.125 e. The number of hydrogen-bond donors (Lipinski definition) is 1. The average Bonchev–Trinajstić information content (AvgIpc) is 3.13. The molecule has 1 saturated carbocycles. The van der Waals surface area contributed by atoms with Crippen LogP contribution in [0, 0.1) is 5.92 Å². The lowest BCUT2D eigenvalue weighted by Crippen LogP contribution is -2.24. The van der Waals surface area contributed by atoms with Crippen LogP contribution in [0.15, 0.2) is 22.7 Å². The van der Waals surface area contributed by atoms with E-state index >= 15 is 0 Å². The van der Waals surface area contributed by atoms with E-state index in [0.717, 1.165) is 35.2 Å². The summed E-state index contributed by atoms with van der Waals surface area (Å²) in [5.74, 6) is 1.95. The number of benzene rings is 1. The van der Waals surface area contributed by atoms with Crippen molar-refractivity contribution in [2.75, 3.05) is 6.61 Å². The van der Waals surface area contributed by atoms with Crippen molar-refractivity contribution in [1.29, 1.82) is 0 Å². The predicted molar refractivity (Wildman–Crippen MR) is 76.9 cm³/mol. The van der Waals surface area contributed by atoms with Gasteiger partial charge in [0.05, 0.1) is 6.61 Å². The van der Waals surface area contributed by atoms with Crippen molar-refractivity contribution >= 4 is 15.9 Å². The molecule has 0 spiro atoms. The van der Waals surface area contributed by atoms with Crippen molar-refractivity contribution in [2.45, 2.75) is 44.7 Å². The summed E-state index contributed by atoms with van der Waals surface area (Å²) in [5, 5.41) is 3.81. The molecule has 0 aromatic heterocycles. The summed E-state index contributed by atoms with van der Waals surface area (Å²) >= 11 is 3.52. The van der Waals surface area contributed by atoms with Crippen LogP contribution in [0.2, 0.25) is 0 Å². The molecule has 1 aromatic carbocycles. The number of nitrogens with one attached hydrogen (secondary N) is 1. The third-order valence-corrected chi connectivity index (χ3v) is 4.60. The molecule has 1 N–H and O–H groups in total. The standard InChI is InChI=1S/C15H20BrNO/c1-2-10-8-14(10)17-13-4-3-7-18-15-9-11(16)5-6-12(13)15/h5-6,9-10,13-14,17H,2-4,7-8H2,1H3. The van der Waals surface area contributed by atoms with Crippen LogP contribution in [-0.4, -0.2) is 12.6 Å². The Morgan fingerprint density at radius 2 is 2.33 bits per heavy atom. The van der Waals surface area contributed by atoms with Crippen LogP contribution in [0.25, 0.3) is 0 Å². The van der Waals surface area contributed by atoms with Gasteiger partial charge in [-0.15, -0.1) is 0 Å². The summed E-state index contributed by atoms with van der Waals surface area (Å²) in [6.07, 6.45) is 4.96. The van der Waals surface area contributed by atoms with E-state index < -0.39 is 0 Å². The fraction of sp³-hybridized carbons (Fsp3) is 0.600. The summed E-state index contributed by atoms with van der Waals surface area (Å²) in [7, 11) is 0. The Balaban J connectivity index is 1.78. The van der Waals surface area contributed by atoms with Crippen molar-refractivity contribution < 1.29 is 4.74 Å². The van der Waals surface area contributed by atoms with Gasteiger partial charge in [-0.05, 0) is 37.3 Å². The SMILES string of the molecule is CCC1CC1NC1CCCOc2cc(Br)ccc21. The molecule has 1 fully saturated rings. The Labute approximate surface area is 117 Å². The molecule has 3 heteroatoms. The van der Waals surface area contributed by atoms with Crippen LogP contribution < -0.4 is 10.1 Å². The zero-order valence-electron chi connectivity index (χ0n) is 10.8. The van der Waals surface area contributed by atoms with Gasteiger partial charge in [0, 0.05) is 22.1 Å². The number of rotatable bonds is 3. The number of fused-ring (bicyclic) bond motifs is 1. The number of hydrogen-bond acceptors (Lipinski definition) is 2. The van der Waals surface area contributed by atoms with Gasteiger partial charge in [-0.1, -0.05) is 35.3 Å². The molecular weight excluding hydrogens is 290 g/mol. The molecular formula is C15H20BrNO. The summed E-state index contributed by atoms with van der Waals surface area (Å²) in [4.78, 5) is 0. The van der Waals surface area contributed by atoms with Gasteiger partial charge in [0.1, 0.15) is 5.75 Å². The molecule has 1 aliphatic heterocycles. The fourth-order valence-corrected chi connectivity index (χ4v) is 3.22. The van der Waals surface area contributed by atoms with Gasteiger partial charge in [-0.2, -0.15) is 0 Å². The second kappa shape index (κ2) is 5.22. The average molecular weight is 310 g/mol. The zero-order valence-corrected chi connectivity index (χ0v) is 12.4. The predicted octanol–water partition coefficient (Wildman–Crippen LogP) is 4.05. The lowest BCUT2D eigenvalue weighted by Gasteiger charge is -2.18. The second-order valence-corrected chi connectivity index (χ2v) is 6.32. The molecule has 1 heterocycles. The van der Waals surface area contributed by atoms with Crippen LogP contribution in [-0.2, 0) is 0 Å². The lowest BCUT2D eigenvalue weighted by atomic mass is 10.0. The number of halogens is 1. The number of ether oxygens (including phenoxy) is 1. The summed E-state index contributed by atoms with van der Waals surface area (Å²) in [5.41, 5.74) is 1.33. The van der Waals surface area contributed by atoms with Crippen molar-refractivity contribution in [3.8, 4) is 5.75 Å². The van der Waals surface area contributed by atoms with E-state index in [1.165, 1.54) is 24.8 Å². The molecule has 1 aromatic rings. The normalized spacial score (nSPS) is 30.2. The Bertz CT molecular complexity index is 435. The maximum absolute atomic E-state index is 5.84. The van der Waals surface area contributed by atoms with Crippen molar-refractivity contribution in [2.24, 2.45) is 5.92 Å². The van der Waals surface area contributed by atoms with E-state index in [1.54, 1.807) is 0 Å². The van der Waals surface area contributed by atoms with Crippen LogP contribution in [0.4, 0.5) is 0 Å². The Kier molecular flexibility index (Phi) is 3.62. The van der Waals surface area contributed by atoms with Crippen LogP contribution in [0.1, 0.15) is 44.2 Å². The molecule has 2 aliphatic rings. The van der Waals surface area contributed by atoms with Gasteiger partial charge in [-0.3, -0.25) is 0 Å². The molecule has 1 aliphatic carbocycles. The molecule has 0 saturated heterocycles. The Hall–Kier alpha value is -0.540. The Morgan fingerprint density at radius 1 is 1.44 bits per heavy atom. The lowest BCUT2D eigenvalue weighted by molar-refractivity contribution is 0.315. The third-order valence-electron chi connectivity index (χ3n) is 4.11. The zero-order chi connectivity index (χ0) is 12.5. The highest BCUT2D eigenvalue weighted by atomic mass is 79.9. The Morgan fingerprint density at radius 3 is 3.11 bits per heavy atom. The summed E-state index contributed by atoms with van der Waals surface area (Å²) in [6.45, 7) is 3.12. The minimum atomic E-state index is 0.470. The summed E-state index contributed by atoms with van der Waals surface area (Å²) < 4.78 is 6.94. The maximum Gasteiger partial charge on any atom is 0.125 e. The van der Waals surface area contributed by atoms with Crippen LogP contribution in [0.5, 0.6) is 5.75 Å². The minimum absolute atomic E-state index is 0.470. The molecule has 18 heavy (non-hydrogen) atoms. The fourth-order valence-electron chi connectivity index (χ4n) is 2.88. The third kappa shape index (κ3) is 2.57. The van der Waals surface area contributed by atoms with Gasteiger partial charge in [-0.25, -0.2) is 0 Å². The quantitative estimate of drug-likeness (QED) is 0.909. The molecule has 0 bridgehead atoms. The molecule has 0 amide bonds. The first-order valence-electron chi connectivity index (χ1n) is 6.96. The first-order valence-corrected chi connectivity index (χ1v) is 7.75. The van der Waals surface area contributed by atoms with E-state index in [0.29, 0.717) is 6.04 Å². The van der Waals surface area contributed by atoms with Crippen molar-refractivity contribution in [1.82, 2.24) is 5.32 Å². The van der Waals surface area contributed by atoms with E-state index in [2.05, 4.69) is 46.4 Å². The van der Waals surface area contributed by atoms with Gasteiger partial charge >= 0.3 is 0 Å². The molecule has 2 nitrogen and oxygen atoms in total. The molecule has 3 unspecified atom stereocenters. The van der Waals surface area contributed by atoms with Gasteiger partial charge < -0.3 is 10.1 Å². The minimum Gasteiger partial charge on any atom is -0.493 e. The largest absolute Gasteiger partial charge is 0.493 e. The molecule has 3 atom stereocenters. The van der Waals surface area contributed by atoms with E-state index in [1.807, 2.05) is 0 Å². The highest BCUT2D eigenvalue weighted by Crippen LogP contribution is 2.39. The monoisotopic (exact) mass is 309 g/mol. The highest BCUT2D eigenvalue weighted by molar-refractivity contribution is 9.10. The molecule has 3 rings (SSSR count). The molecule has 98 valence electrons. The van der Waals surface area contributed by atoms with Gasteiger partial charge in [0.15, 0.2) is 0 Å². The van der Waals surface area contributed by atoms with Crippen LogP contribution in [0.3, 0.4) is 0 Å². The molecule has 0 radical (unpaired) electrons. The topological polar surface area (TPSA) is 21.3 Å².